The van der Waals surface area contributed by atoms with Crippen molar-refractivity contribution < 1.29 is 9.18 Å². The van der Waals surface area contributed by atoms with E-state index >= 15 is 0 Å². The molecule has 0 atom stereocenters. The van der Waals surface area contributed by atoms with Gasteiger partial charge in [0.1, 0.15) is 5.82 Å². The molecule has 0 saturated carbocycles. The van der Waals surface area contributed by atoms with Gasteiger partial charge >= 0.3 is 0 Å². The van der Waals surface area contributed by atoms with E-state index < -0.39 is 0 Å². The fraction of sp³-hybridized carbons (Fsp3) is 0.462. The number of aryl methyl sites for hydroxylation is 1. The monoisotopic (exact) mass is 272 g/mol. The number of nitrogens with one attached hydrogen (secondary N) is 2. The Balaban J connectivity index is 0.00000162. The Morgan fingerprint density at radius 2 is 2.06 bits per heavy atom. The lowest BCUT2D eigenvalue weighted by molar-refractivity contribution is -0.120. The van der Waals surface area contributed by atoms with Crippen LogP contribution in [0.1, 0.15) is 18.4 Å². The predicted octanol–water partition coefficient (Wildman–Crippen LogP) is 2.49. The molecule has 1 amide bonds. The zero-order valence-corrected chi connectivity index (χ0v) is 11.1. The van der Waals surface area contributed by atoms with Crippen LogP contribution in [-0.4, -0.2) is 19.0 Å². The second-order valence-corrected chi connectivity index (χ2v) is 4.47. The van der Waals surface area contributed by atoms with Crippen molar-refractivity contribution in [3.05, 3.63) is 29.6 Å². The summed E-state index contributed by atoms with van der Waals surface area (Å²) in [6, 6.07) is 4.41. The first-order valence-electron chi connectivity index (χ1n) is 5.94. The second-order valence-electron chi connectivity index (χ2n) is 4.47. The summed E-state index contributed by atoms with van der Waals surface area (Å²) in [7, 11) is 0. The number of rotatable bonds is 2. The van der Waals surface area contributed by atoms with Crippen LogP contribution in [0.15, 0.2) is 18.2 Å². The van der Waals surface area contributed by atoms with Gasteiger partial charge in [-0.25, -0.2) is 4.39 Å². The van der Waals surface area contributed by atoms with Crippen molar-refractivity contribution >= 4 is 24.0 Å². The Morgan fingerprint density at radius 3 is 2.67 bits per heavy atom. The molecule has 0 radical (unpaired) electrons. The van der Waals surface area contributed by atoms with Crippen molar-refractivity contribution in [3.8, 4) is 0 Å². The molecular weight excluding hydrogens is 255 g/mol. The van der Waals surface area contributed by atoms with Crippen molar-refractivity contribution in [2.24, 2.45) is 5.92 Å². The minimum atomic E-state index is -0.276. The summed E-state index contributed by atoms with van der Waals surface area (Å²) in [5.74, 6) is -0.163. The van der Waals surface area contributed by atoms with Crippen LogP contribution in [0.5, 0.6) is 0 Å². The molecular formula is C13H18ClFN2O. The van der Waals surface area contributed by atoms with Crippen molar-refractivity contribution in [1.82, 2.24) is 5.32 Å². The van der Waals surface area contributed by atoms with Crippen LogP contribution < -0.4 is 10.6 Å². The molecule has 2 rings (SSSR count). The van der Waals surface area contributed by atoms with Gasteiger partial charge in [-0.3, -0.25) is 4.79 Å². The lowest BCUT2D eigenvalue weighted by Gasteiger charge is -2.22. The fourth-order valence-corrected chi connectivity index (χ4v) is 2.09. The van der Waals surface area contributed by atoms with Gasteiger partial charge in [0, 0.05) is 11.6 Å². The van der Waals surface area contributed by atoms with Crippen LogP contribution in [0.25, 0.3) is 0 Å². The number of carbonyl (C=O) groups is 1. The van der Waals surface area contributed by atoms with E-state index in [1.165, 1.54) is 12.1 Å². The molecule has 1 aromatic carbocycles. The lowest BCUT2D eigenvalue weighted by Crippen LogP contribution is -2.34. The van der Waals surface area contributed by atoms with Crippen molar-refractivity contribution in [2.45, 2.75) is 19.8 Å². The van der Waals surface area contributed by atoms with Gasteiger partial charge in [0.15, 0.2) is 0 Å². The van der Waals surface area contributed by atoms with Crippen molar-refractivity contribution in [3.63, 3.8) is 0 Å². The molecule has 2 N–H and O–H groups in total. The smallest absolute Gasteiger partial charge is 0.227 e. The number of piperidine rings is 1. The van der Waals surface area contributed by atoms with E-state index in [9.17, 15) is 9.18 Å². The van der Waals surface area contributed by atoms with E-state index in [1.807, 2.05) is 0 Å². The molecule has 1 fully saturated rings. The van der Waals surface area contributed by atoms with E-state index in [2.05, 4.69) is 10.6 Å². The zero-order valence-electron chi connectivity index (χ0n) is 10.3. The minimum absolute atomic E-state index is 0. The molecule has 18 heavy (non-hydrogen) atoms. The molecule has 100 valence electrons. The van der Waals surface area contributed by atoms with Gasteiger partial charge in [0.2, 0.25) is 5.91 Å². The minimum Gasteiger partial charge on any atom is -0.326 e. The van der Waals surface area contributed by atoms with E-state index in [0.29, 0.717) is 5.69 Å². The maximum Gasteiger partial charge on any atom is 0.227 e. The summed E-state index contributed by atoms with van der Waals surface area (Å²) < 4.78 is 12.9. The summed E-state index contributed by atoms with van der Waals surface area (Å²) in [4.78, 5) is 12.0. The van der Waals surface area contributed by atoms with E-state index in [-0.39, 0.29) is 30.0 Å². The van der Waals surface area contributed by atoms with Crippen LogP contribution in [0.4, 0.5) is 10.1 Å². The predicted molar refractivity (Wildman–Crippen MR) is 72.6 cm³/mol. The zero-order chi connectivity index (χ0) is 12.3. The molecule has 0 aliphatic carbocycles. The Labute approximate surface area is 113 Å². The number of amides is 1. The first-order valence-corrected chi connectivity index (χ1v) is 5.94. The van der Waals surface area contributed by atoms with Crippen LogP contribution in [0.3, 0.4) is 0 Å². The van der Waals surface area contributed by atoms with Crippen LogP contribution in [-0.2, 0) is 4.79 Å². The summed E-state index contributed by atoms with van der Waals surface area (Å²) in [6.45, 7) is 3.57. The molecule has 0 spiro atoms. The summed E-state index contributed by atoms with van der Waals surface area (Å²) in [5, 5.41) is 6.10. The number of hydrogen-bond donors (Lipinski definition) is 2. The lowest BCUT2D eigenvalue weighted by atomic mass is 9.97. The number of anilines is 1. The van der Waals surface area contributed by atoms with E-state index in [0.717, 1.165) is 31.5 Å². The van der Waals surface area contributed by atoms with Crippen LogP contribution >= 0.6 is 12.4 Å². The van der Waals surface area contributed by atoms with E-state index in [1.54, 1.807) is 13.0 Å². The highest BCUT2D eigenvalue weighted by atomic mass is 35.5. The molecule has 1 aliphatic rings. The summed E-state index contributed by atoms with van der Waals surface area (Å²) >= 11 is 0. The second kappa shape index (κ2) is 6.71. The Morgan fingerprint density at radius 1 is 1.39 bits per heavy atom. The topological polar surface area (TPSA) is 41.1 Å². The van der Waals surface area contributed by atoms with Gasteiger partial charge in [0.25, 0.3) is 0 Å². The van der Waals surface area contributed by atoms with Crippen LogP contribution in [0, 0.1) is 18.7 Å². The van der Waals surface area contributed by atoms with Gasteiger partial charge < -0.3 is 10.6 Å². The molecule has 3 nitrogen and oxygen atoms in total. The normalized spacial score (nSPS) is 15.9. The number of halogens is 2. The standard InChI is InChI=1S/C13H17FN2O.ClH/c1-9-8-11(14)2-3-12(9)16-13(17)10-4-6-15-7-5-10;/h2-3,8,10,15H,4-7H2,1H3,(H,16,17);1H. The highest BCUT2D eigenvalue weighted by Gasteiger charge is 2.21. The summed E-state index contributed by atoms with van der Waals surface area (Å²) in [5.41, 5.74) is 1.46. The average Bonchev–Trinajstić information content (AvgIpc) is 2.34. The van der Waals surface area contributed by atoms with Gasteiger partial charge in [-0.2, -0.15) is 0 Å². The molecule has 1 saturated heterocycles. The first kappa shape index (κ1) is 14.9. The maximum absolute atomic E-state index is 12.9. The Hall–Kier alpha value is -1.13. The van der Waals surface area contributed by atoms with Gasteiger partial charge in [-0.15, -0.1) is 12.4 Å². The van der Waals surface area contributed by atoms with Crippen molar-refractivity contribution in [2.75, 3.05) is 18.4 Å². The van der Waals surface area contributed by atoms with Crippen LogP contribution in [0.2, 0.25) is 0 Å². The third-order valence-electron chi connectivity index (χ3n) is 3.16. The number of hydrogen-bond acceptors (Lipinski definition) is 2. The van der Waals surface area contributed by atoms with E-state index in [4.69, 9.17) is 0 Å². The van der Waals surface area contributed by atoms with Gasteiger partial charge in [-0.05, 0) is 56.6 Å². The first-order chi connectivity index (χ1) is 8.16. The number of benzene rings is 1. The Kier molecular flexibility index (Phi) is 5.56. The Bertz CT molecular complexity index is 419. The average molecular weight is 273 g/mol. The summed E-state index contributed by atoms with van der Waals surface area (Å²) in [6.07, 6.45) is 1.73. The molecule has 0 bridgehead atoms. The molecule has 1 heterocycles. The van der Waals surface area contributed by atoms with Crippen molar-refractivity contribution in [1.29, 1.82) is 0 Å². The third kappa shape index (κ3) is 3.68. The molecule has 0 aromatic heterocycles. The largest absolute Gasteiger partial charge is 0.326 e. The molecule has 0 unspecified atom stereocenters. The highest BCUT2D eigenvalue weighted by Crippen LogP contribution is 2.19. The molecule has 1 aromatic rings. The van der Waals surface area contributed by atoms with Gasteiger partial charge in [-0.1, -0.05) is 0 Å². The number of carbonyl (C=O) groups excluding carboxylic acids is 1. The third-order valence-corrected chi connectivity index (χ3v) is 3.16. The fourth-order valence-electron chi connectivity index (χ4n) is 2.09. The van der Waals surface area contributed by atoms with Gasteiger partial charge in [0.05, 0.1) is 0 Å². The molecule has 5 heteroatoms. The quantitative estimate of drug-likeness (QED) is 0.869. The highest BCUT2D eigenvalue weighted by molar-refractivity contribution is 5.93. The maximum atomic E-state index is 12.9. The SMILES string of the molecule is Cc1cc(F)ccc1NC(=O)C1CCNCC1.Cl. The molecule has 1 aliphatic heterocycles.